The summed E-state index contributed by atoms with van der Waals surface area (Å²) < 4.78 is 10.9. The third-order valence-electron chi connectivity index (χ3n) is 2.72. The Balaban J connectivity index is 2.25. The zero-order valence-corrected chi connectivity index (χ0v) is 12.0. The molecule has 0 aliphatic heterocycles. The highest BCUT2D eigenvalue weighted by molar-refractivity contribution is 6.07. The van der Waals surface area contributed by atoms with Crippen molar-refractivity contribution in [3.05, 3.63) is 30.0 Å². The Morgan fingerprint density at radius 1 is 1.33 bits per heavy atom. The van der Waals surface area contributed by atoms with Crippen LogP contribution in [0.3, 0.4) is 0 Å². The molecule has 0 saturated carbocycles. The van der Waals surface area contributed by atoms with Crippen molar-refractivity contribution < 1.29 is 14.3 Å². The second kappa shape index (κ2) is 6.65. The number of rotatable bonds is 6. The van der Waals surface area contributed by atoms with E-state index in [0.717, 1.165) is 0 Å². The molecule has 1 aromatic heterocycles. The summed E-state index contributed by atoms with van der Waals surface area (Å²) in [5.41, 5.74) is 6.43. The Bertz CT molecular complexity index is 624. The van der Waals surface area contributed by atoms with Crippen LogP contribution < -0.4 is 20.5 Å². The number of nitrogens with two attached hydrogens (primary N) is 1. The Kier molecular flexibility index (Phi) is 4.65. The fourth-order valence-electron chi connectivity index (χ4n) is 1.81. The first-order valence-electron chi connectivity index (χ1n) is 6.65. The summed E-state index contributed by atoms with van der Waals surface area (Å²) in [5, 5.41) is 8.99. The number of carbonyl (C=O) groups is 1. The molecule has 7 heteroatoms. The van der Waals surface area contributed by atoms with Crippen LogP contribution in [-0.2, 0) is 0 Å². The van der Waals surface area contributed by atoms with E-state index in [4.69, 9.17) is 15.2 Å². The van der Waals surface area contributed by atoms with Gasteiger partial charge in [-0.25, -0.2) is 0 Å². The number of hydrogen-bond acceptors (Lipinski definition) is 5. The number of nitrogen functional groups attached to an aromatic ring is 1. The highest BCUT2D eigenvalue weighted by atomic mass is 16.5. The molecule has 0 aliphatic carbocycles. The maximum absolute atomic E-state index is 12.2. The number of aromatic nitrogens is 2. The van der Waals surface area contributed by atoms with Crippen LogP contribution in [0.4, 0.5) is 11.5 Å². The molecule has 2 aromatic rings. The van der Waals surface area contributed by atoms with E-state index in [1.54, 1.807) is 18.2 Å². The highest BCUT2D eigenvalue weighted by Gasteiger charge is 2.15. The van der Waals surface area contributed by atoms with Crippen molar-refractivity contribution in [2.45, 2.75) is 13.8 Å². The van der Waals surface area contributed by atoms with E-state index < -0.39 is 0 Å². The lowest BCUT2D eigenvalue weighted by Crippen LogP contribution is -2.14. The number of carbonyl (C=O) groups excluding carboxylic acids is 1. The van der Waals surface area contributed by atoms with Gasteiger partial charge in [0.05, 0.1) is 25.1 Å². The number of hydrogen-bond donors (Lipinski definition) is 3. The van der Waals surface area contributed by atoms with Gasteiger partial charge in [0, 0.05) is 6.07 Å². The first-order chi connectivity index (χ1) is 10.2. The normalized spacial score (nSPS) is 10.2. The molecule has 7 nitrogen and oxygen atoms in total. The molecule has 0 fully saturated rings. The van der Waals surface area contributed by atoms with Gasteiger partial charge in [-0.15, -0.1) is 0 Å². The van der Waals surface area contributed by atoms with Gasteiger partial charge in [0.1, 0.15) is 22.9 Å². The van der Waals surface area contributed by atoms with Crippen LogP contribution in [0.2, 0.25) is 0 Å². The summed E-state index contributed by atoms with van der Waals surface area (Å²) in [6.45, 7) is 4.79. The quantitative estimate of drug-likeness (QED) is 0.755. The maximum Gasteiger partial charge on any atom is 0.261 e. The molecule has 2 rings (SSSR count). The van der Waals surface area contributed by atoms with Gasteiger partial charge in [0.2, 0.25) is 0 Å². The molecule has 1 aromatic carbocycles. The lowest BCUT2D eigenvalue weighted by Gasteiger charge is -2.13. The van der Waals surface area contributed by atoms with Crippen molar-refractivity contribution in [3.8, 4) is 11.5 Å². The SMILES string of the molecule is CCOc1ccc(OCC)c(NC(=O)c2cn[nH]c2N)c1. The summed E-state index contributed by atoms with van der Waals surface area (Å²) in [4.78, 5) is 12.2. The molecule has 0 unspecified atom stereocenters. The Labute approximate surface area is 122 Å². The summed E-state index contributed by atoms with van der Waals surface area (Å²) in [6, 6.07) is 5.25. The van der Waals surface area contributed by atoms with Crippen molar-refractivity contribution in [3.63, 3.8) is 0 Å². The lowest BCUT2D eigenvalue weighted by atomic mass is 10.2. The molecule has 1 amide bonds. The fraction of sp³-hybridized carbons (Fsp3) is 0.286. The Morgan fingerprint density at radius 3 is 2.71 bits per heavy atom. The zero-order chi connectivity index (χ0) is 15.2. The second-order valence-corrected chi connectivity index (χ2v) is 4.18. The van der Waals surface area contributed by atoms with Crippen LogP contribution in [0.25, 0.3) is 0 Å². The zero-order valence-electron chi connectivity index (χ0n) is 12.0. The third-order valence-corrected chi connectivity index (χ3v) is 2.72. The van der Waals surface area contributed by atoms with Gasteiger partial charge >= 0.3 is 0 Å². The minimum Gasteiger partial charge on any atom is -0.494 e. The van der Waals surface area contributed by atoms with Crippen molar-refractivity contribution >= 4 is 17.4 Å². The van der Waals surface area contributed by atoms with Gasteiger partial charge in [0.25, 0.3) is 5.91 Å². The Hall–Kier alpha value is -2.70. The number of benzene rings is 1. The van der Waals surface area contributed by atoms with Crippen molar-refractivity contribution in [2.75, 3.05) is 24.3 Å². The summed E-state index contributed by atoms with van der Waals surface area (Å²) >= 11 is 0. The minimum atomic E-state index is -0.365. The van der Waals surface area contributed by atoms with E-state index in [1.165, 1.54) is 6.20 Å². The van der Waals surface area contributed by atoms with Crippen molar-refractivity contribution in [2.24, 2.45) is 0 Å². The van der Waals surface area contributed by atoms with Crippen molar-refractivity contribution in [1.29, 1.82) is 0 Å². The van der Waals surface area contributed by atoms with Gasteiger partial charge in [-0.05, 0) is 26.0 Å². The van der Waals surface area contributed by atoms with Crippen molar-refractivity contribution in [1.82, 2.24) is 10.2 Å². The Morgan fingerprint density at radius 2 is 2.10 bits per heavy atom. The monoisotopic (exact) mass is 290 g/mol. The van der Waals surface area contributed by atoms with Crippen LogP contribution in [0.1, 0.15) is 24.2 Å². The molecule has 21 heavy (non-hydrogen) atoms. The molecular formula is C14H18N4O3. The highest BCUT2D eigenvalue weighted by Crippen LogP contribution is 2.30. The molecule has 0 spiro atoms. The molecule has 4 N–H and O–H groups in total. The smallest absolute Gasteiger partial charge is 0.261 e. The number of anilines is 2. The maximum atomic E-state index is 12.2. The number of amides is 1. The van der Waals surface area contributed by atoms with E-state index >= 15 is 0 Å². The molecule has 0 saturated heterocycles. The number of nitrogens with zero attached hydrogens (tertiary/aromatic N) is 1. The molecule has 0 bridgehead atoms. The van der Waals surface area contributed by atoms with Gasteiger partial charge in [0.15, 0.2) is 0 Å². The van der Waals surface area contributed by atoms with Gasteiger partial charge in [-0.2, -0.15) is 5.10 Å². The van der Waals surface area contributed by atoms with E-state index in [-0.39, 0.29) is 17.3 Å². The summed E-state index contributed by atoms with van der Waals surface area (Å²) in [7, 11) is 0. The average Bonchev–Trinajstić information content (AvgIpc) is 2.88. The van der Waals surface area contributed by atoms with Crippen LogP contribution in [0, 0.1) is 0 Å². The predicted octanol–water partition coefficient (Wildman–Crippen LogP) is 2.04. The summed E-state index contributed by atoms with van der Waals surface area (Å²) in [6.07, 6.45) is 1.37. The van der Waals surface area contributed by atoms with Gasteiger partial charge in [-0.3, -0.25) is 9.89 Å². The first kappa shape index (κ1) is 14.7. The molecule has 0 radical (unpaired) electrons. The molecule has 1 heterocycles. The minimum absolute atomic E-state index is 0.214. The predicted molar refractivity (Wildman–Crippen MR) is 79.7 cm³/mol. The van der Waals surface area contributed by atoms with Gasteiger partial charge in [-0.1, -0.05) is 0 Å². The van der Waals surface area contributed by atoms with Gasteiger partial charge < -0.3 is 20.5 Å². The van der Waals surface area contributed by atoms with E-state index in [0.29, 0.717) is 30.4 Å². The van der Waals surface area contributed by atoms with Crippen LogP contribution in [0.5, 0.6) is 11.5 Å². The summed E-state index contributed by atoms with van der Waals surface area (Å²) in [5.74, 6) is 1.06. The van der Waals surface area contributed by atoms with Crippen LogP contribution in [0.15, 0.2) is 24.4 Å². The number of aromatic amines is 1. The van der Waals surface area contributed by atoms with E-state index in [9.17, 15) is 4.79 Å². The average molecular weight is 290 g/mol. The van der Waals surface area contributed by atoms with E-state index in [1.807, 2.05) is 13.8 Å². The lowest BCUT2D eigenvalue weighted by molar-refractivity contribution is 0.102. The van der Waals surface area contributed by atoms with Crippen LogP contribution >= 0.6 is 0 Å². The second-order valence-electron chi connectivity index (χ2n) is 4.18. The fourth-order valence-corrected chi connectivity index (χ4v) is 1.81. The largest absolute Gasteiger partial charge is 0.494 e. The third kappa shape index (κ3) is 3.44. The van der Waals surface area contributed by atoms with Crippen LogP contribution in [-0.4, -0.2) is 29.3 Å². The molecule has 0 aliphatic rings. The standard InChI is InChI=1S/C14H18N4O3/c1-3-20-9-5-6-12(21-4-2)11(7-9)17-14(19)10-8-16-18-13(10)15/h5-8H,3-4H2,1-2H3,(H,17,19)(H3,15,16,18). The molecule has 0 atom stereocenters. The number of H-pyrrole nitrogens is 1. The number of ether oxygens (including phenoxy) is 2. The number of nitrogens with one attached hydrogen (secondary N) is 2. The topological polar surface area (TPSA) is 102 Å². The molecular weight excluding hydrogens is 272 g/mol. The first-order valence-corrected chi connectivity index (χ1v) is 6.65. The van der Waals surface area contributed by atoms with E-state index in [2.05, 4.69) is 15.5 Å². The molecule has 112 valence electrons.